The molecule has 0 fully saturated rings. The molecule has 1 aliphatic heterocycles. The van der Waals surface area contributed by atoms with Crippen LogP contribution >= 0.6 is 15.9 Å². The van der Waals surface area contributed by atoms with Gasteiger partial charge in [0.1, 0.15) is 5.82 Å². The van der Waals surface area contributed by atoms with E-state index in [1.165, 1.54) is 5.69 Å². The predicted molar refractivity (Wildman–Crippen MR) is 71.5 cm³/mol. The summed E-state index contributed by atoms with van der Waals surface area (Å²) in [4.78, 5) is 4.52. The molecular formula is C13H14BrN3. The van der Waals surface area contributed by atoms with Gasteiger partial charge < -0.3 is 10.3 Å². The lowest BCUT2D eigenvalue weighted by atomic mass is 10.1. The van der Waals surface area contributed by atoms with Crippen molar-refractivity contribution in [2.24, 2.45) is 5.73 Å². The number of imidazole rings is 1. The summed E-state index contributed by atoms with van der Waals surface area (Å²) in [6.07, 6.45) is 5.29. The smallest absolute Gasteiger partial charge is 0.141 e. The van der Waals surface area contributed by atoms with Crippen LogP contribution in [0.4, 0.5) is 0 Å². The Morgan fingerprint density at radius 1 is 1.41 bits per heavy atom. The van der Waals surface area contributed by atoms with E-state index in [9.17, 15) is 0 Å². The number of benzene rings is 1. The van der Waals surface area contributed by atoms with Crippen molar-refractivity contribution >= 4 is 15.9 Å². The molecule has 1 aliphatic rings. The third-order valence-corrected chi connectivity index (χ3v) is 3.71. The third-order valence-electron chi connectivity index (χ3n) is 3.22. The highest BCUT2D eigenvalue weighted by Crippen LogP contribution is 2.29. The van der Waals surface area contributed by atoms with E-state index in [0.29, 0.717) is 0 Å². The van der Waals surface area contributed by atoms with E-state index >= 15 is 0 Å². The fourth-order valence-corrected chi connectivity index (χ4v) is 2.81. The molecule has 4 heteroatoms. The van der Waals surface area contributed by atoms with E-state index in [0.717, 1.165) is 35.1 Å². The SMILES string of the molecule is NC1CCCc2cnc(-c3cccc(Br)c3)n21. The van der Waals surface area contributed by atoms with Crippen molar-refractivity contribution in [3.63, 3.8) is 0 Å². The summed E-state index contributed by atoms with van der Waals surface area (Å²) >= 11 is 3.49. The molecule has 17 heavy (non-hydrogen) atoms. The lowest BCUT2D eigenvalue weighted by Gasteiger charge is -2.23. The second-order valence-electron chi connectivity index (χ2n) is 4.41. The molecule has 2 aromatic rings. The summed E-state index contributed by atoms with van der Waals surface area (Å²) in [5.41, 5.74) is 8.54. The van der Waals surface area contributed by atoms with Crippen molar-refractivity contribution in [2.45, 2.75) is 25.4 Å². The molecule has 0 saturated heterocycles. The highest BCUT2D eigenvalue weighted by Gasteiger charge is 2.20. The number of hydrogen-bond donors (Lipinski definition) is 1. The van der Waals surface area contributed by atoms with Crippen LogP contribution < -0.4 is 5.73 Å². The molecule has 88 valence electrons. The largest absolute Gasteiger partial charge is 0.312 e. The summed E-state index contributed by atoms with van der Waals surface area (Å²) in [5.74, 6) is 0.980. The molecule has 0 amide bonds. The molecule has 0 bridgehead atoms. The zero-order chi connectivity index (χ0) is 11.8. The molecular weight excluding hydrogens is 278 g/mol. The Hall–Kier alpha value is -1.13. The van der Waals surface area contributed by atoms with E-state index < -0.39 is 0 Å². The summed E-state index contributed by atoms with van der Waals surface area (Å²) in [6, 6.07) is 8.19. The first-order valence-electron chi connectivity index (χ1n) is 5.83. The molecule has 0 radical (unpaired) electrons. The minimum absolute atomic E-state index is 0.0650. The molecule has 0 aliphatic carbocycles. The van der Waals surface area contributed by atoms with Crippen LogP contribution in [0.25, 0.3) is 11.4 Å². The molecule has 0 spiro atoms. The van der Waals surface area contributed by atoms with Crippen LogP contribution in [0, 0.1) is 0 Å². The second kappa shape index (κ2) is 4.27. The van der Waals surface area contributed by atoms with Gasteiger partial charge in [0.25, 0.3) is 0 Å². The maximum atomic E-state index is 6.18. The molecule has 2 N–H and O–H groups in total. The zero-order valence-electron chi connectivity index (χ0n) is 9.44. The van der Waals surface area contributed by atoms with Gasteiger partial charge in [0.15, 0.2) is 0 Å². The first-order valence-corrected chi connectivity index (χ1v) is 6.62. The van der Waals surface area contributed by atoms with Crippen LogP contribution in [-0.2, 0) is 6.42 Å². The highest BCUT2D eigenvalue weighted by molar-refractivity contribution is 9.10. The number of halogens is 1. The van der Waals surface area contributed by atoms with Crippen molar-refractivity contribution in [3.8, 4) is 11.4 Å². The van der Waals surface area contributed by atoms with Gasteiger partial charge in [-0.25, -0.2) is 4.98 Å². The van der Waals surface area contributed by atoms with Crippen LogP contribution in [-0.4, -0.2) is 9.55 Å². The van der Waals surface area contributed by atoms with Crippen LogP contribution in [0.2, 0.25) is 0 Å². The highest BCUT2D eigenvalue weighted by atomic mass is 79.9. The van der Waals surface area contributed by atoms with E-state index in [4.69, 9.17) is 5.73 Å². The van der Waals surface area contributed by atoms with Crippen molar-refractivity contribution in [2.75, 3.05) is 0 Å². The minimum atomic E-state index is 0.0650. The van der Waals surface area contributed by atoms with Gasteiger partial charge in [-0.15, -0.1) is 0 Å². The molecule has 3 rings (SSSR count). The number of nitrogens with zero attached hydrogens (tertiary/aromatic N) is 2. The Labute approximate surface area is 109 Å². The number of aryl methyl sites for hydroxylation is 1. The Bertz CT molecular complexity index is 547. The van der Waals surface area contributed by atoms with E-state index in [1.54, 1.807) is 0 Å². The topological polar surface area (TPSA) is 43.8 Å². The summed E-state index contributed by atoms with van der Waals surface area (Å²) in [6.45, 7) is 0. The normalized spacial score (nSPS) is 19.1. The van der Waals surface area contributed by atoms with Crippen LogP contribution in [0.15, 0.2) is 34.9 Å². The number of aromatic nitrogens is 2. The lowest BCUT2D eigenvalue weighted by molar-refractivity contribution is 0.418. The maximum Gasteiger partial charge on any atom is 0.141 e. The Kier molecular flexibility index (Phi) is 2.76. The van der Waals surface area contributed by atoms with Gasteiger partial charge >= 0.3 is 0 Å². The second-order valence-corrected chi connectivity index (χ2v) is 5.33. The van der Waals surface area contributed by atoms with Crippen molar-refractivity contribution in [1.29, 1.82) is 0 Å². The molecule has 1 aromatic carbocycles. The molecule has 3 nitrogen and oxygen atoms in total. The van der Waals surface area contributed by atoms with E-state index in [2.05, 4.69) is 37.6 Å². The number of fused-ring (bicyclic) bond motifs is 1. The fraction of sp³-hybridized carbons (Fsp3) is 0.308. The monoisotopic (exact) mass is 291 g/mol. The van der Waals surface area contributed by atoms with E-state index in [1.807, 2.05) is 18.3 Å². The third kappa shape index (κ3) is 1.91. The van der Waals surface area contributed by atoms with Crippen molar-refractivity contribution in [1.82, 2.24) is 9.55 Å². The first-order chi connectivity index (χ1) is 8.25. The summed E-state index contributed by atoms with van der Waals surface area (Å²) < 4.78 is 3.24. The van der Waals surface area contributed by atoms with Gasteiger partial charge in [0.2, 0.25) is 0 Å². The Morgan fingerprint density at radius 3 is 3.12 bits per heavy atom. The Morgan fingerprint density at radius 2 is 2.29 bits per heavy atom. The average molecular weight is 292 g/mol. The predicted octanol–water partition coefficient (Wildman–Crippen LogP) is 3.11. The lowest BCUT2D eigenvalue weighted by Crippen LogP contribution is -2.25. The van der Waals surface area contributed by atoms with E-state index in [-0.39, 0.29) is 6.17 Å². The van der Waals surface area contributed by atoms with Gasteiger partial charge in [-0.05, 0) is 31.4 Å². The molecule has 0 saturated carbocycles. The van der Waals surface area contributed by atoms with Gasteiger partial charge in [-0.2, -0.15) is 0 Å². The minimum Gasteiger partial charge on any atom is -0.312 e. The van der Waals surface area contributed by atoms with Gasteiger partial charge in [-0.3, -0.25) is 0 Å². The molecule has 2 heterocycles. The number of nitrogens with two attached hydrogens (primary N) is 1. The van der Waals surface area contributed by atoms with Crippen LogP contribution in [0.3, 0.4) is 0 Å². The Balaban J connectivity index is 2.13. The van der Waals surface area contributed by atoms with Gasteiger partial charge in [0, 0.05) is 21.9 Å². The zero-order valence-corrected chi connectivity index (χ0v) is 11.0. The first kappa shape index (κ1) is 11.0. The molecule has 1 atom stereocenters. The molecule has 1 unspecified atom stereocenters. The summed E-state index contributed by atoms with van der Waals surface area (Å²) in [7, 11) is 0. The van der Waals surface area contributed by atoms with Crippen LogP contribution in [0.1, 0.15) is 24.7 Å². The van der Waals surface area contributed by atoms with Gasteiger partial charge in [-0.1, -0.05) is 28.1 Å². The average Bonchev–Trinajstić information content (AvgIpc) is 2.74. The maximum absolute atomic E-state index is 6.18. The van der Waals surface area contributed by atoms with Gasteiger partial charge in [0.05, 0.1) is 6.17 Å². The van der Waals surface area contributed by atoms with Crippen molar-refractivity contribution < 1.29 is 0 Å². The number of rotatable bonds is 1. The number of hydrogen-bond acceptors (Lipinski definition) is 2. The quantitative estimate of drug-likeness (QED) is 0.877. The molecule has 1 aromatic heterocycles. The van der Waals surface area contributed by atoms with Crippen molar-refractivity contribution in [3.05, 3.63) is 40.6 Å². The standard InChI is InChI=1S/C13H14BrN3/c14-10-4-1-3-9(7-10)13-16-8-11-5-2-6-12(15)17(11)13/h1,3-4,7-8,12H,2,5-6,15H2. The summed E-state index contributed by atoms with van der Waals surface area (Å²) in [5, 5.41) is 0. The fourth-order valence-electron chi connectivity index (χ4n) is 2.41. The van der Waals surface area contributed by atoms with Crippen LogP contribution in [0.5, 0.6) is 0 Å².